The number of aromatic nitrogens is 1. The minimum absolute atomic E-state index is 0.0865. The van der Waals surface area contributed by atoms with Crippen LogP contribution in [0.2, 0.25) is 0 Å². The van der Waals surface area contributed by atoms with E-state index in [1.165, 1.54) is 0 Å². The zero-order valence-corrected chi connectivity index (χ0v) is 10.2. The lowest BCUT2D eigenvalue weighted by Crippen LogP contribution is -2.41. The summed E-state index contributed by atoms with van der Waals surface area (Å²) in [6.07, 6.45) is 5.91. The van der Waals surface area contributed by atoms with Gasteiger partial charge in [0.1, 0.15) is 0 Å². The number of carbonyl (C=O) groups excluding carboxylic acids is 1. The number of hydrogen-bond acceptors (Lipinski definition) is 3. The number of nitrogens with zero attached hydrogens (tertiary/aromatic N) is 3. The molecule has 0 aliphatic heterocycles. The molecule has 0 radical (unpaired) electrons. The third kappa shape index (κ3) is 3.74. The minimum atomic E-state index is -0.0865. The maximum Gasteiger partial charge on any atom is 0.317 e. The lowest BCUT2D eigenvalue weighted by Gasteiger charge is -2.22. The number of carbonyl (C=O) groups is 1. The van der Waals surface area contributed by atoms with Crippen LogP contribution in [0.15, 0.2) is 24.5 Å². The van der Waals surface area contributed by atoms with Crippen LogP contribution in [0, 0.1) is 11.3 Å². The molecule has 94 valence electrons. The van der Waals surface area contributed by atoms with Crippen molar-refractivity contribution >= 4 is 6.03 Å². The molecule has 5 nitrogen and oxygen atoms in total. The summed E-state index contributed by atoms with van der Waals surface area (Å²) in [5, 5.41) is 11.6. The molecule has 0 saturated heterocycles. The smallest absolute Gasteiger partial charge is 0.317 e. The van der Waals surface area contributed by atoms with Crippen molar-refractivity contribution in [3.05, 3.63) is 30.1 Å². The van der Waals surface area contributed by atoms with E-state index in [4.69, 9.17) is 5.26 Å². The largest absolute Gasteiger partial charge is 0.335 e. The lowest BCUT2D eigenvalue weighted by molar-refractivity contribution is 0.196. The van der Waals surface area contributed by atoms with Crippen LogP contribution in [0.4, 0.5) is 4.79 Å². The van der Waals surface area contributed by atoms with Crippen molar-refractivity contribution < 1.29 is 4.79 Å². The Bertz CT molecular complexity index is 436. The fraction of sp³-hybridized carbons (Fsp3) is 0.462. The highest BCUT2D eigenvalue weighted by Crippen LogP contribution is 2.19. The molecule has 0 bridgehead atoms. The molecule has 0 spiro atoms. The first-order valence-electron chi connectivity index (χ1n) is 6.11. The van der Waals surface area contributed by atoms with E-state index in [0.717, 1.165) is 18.4 Å². The summed E-state index contributed by atoms with van der Waals surface area (Å²) < 4.78 is 0. The Morgan fingerprint density at radius 1 is 1.61 bits per heavy atom. The second-order valence-electron chi connectivity index (χ2n) is 4.41. The Hall–Kier alpha value is -2.09. The number of amides is 2. The van der Waals surface area contributed by atoms with Crippen LogP contribution in [0.1, 0.15) is 24.8 Å². The van der Waals surface area contributed by atoms with Crippen molar-refractivity contribution in [2.45, 2.75) is 31.8 Å². The van der Waals surface area contributed by atoms with Gasteiger partial charge in [0, 0.05) is 31.5 Å². The Morgan fingerprint density at radius 3 is 3.06 bits per heavy atom. The fourth-order valence-corrected chi connectivity index (χ4v) is 1.64. The summed E-state index contributed by atoms with van der Waals surface area (Å²) in [7, 11) is 0. The standard InChI is InChI=1S/C13H16N4O/c14-6-2-8-17(13(18)16-12-4-5-12)10-11-3-1-7-15-9-11/h1,3,7,9,12H,2,4-5,8,10H2,(H,16,18). The van der Waals surface area contributed by atoms with Gasteiger partial charge in [-0.05, 0) is 24.5 Å². The molecule has 0 atom stereocenters. The average molecular weight is 244 g/mol. The van der Waals surface area contributed by atoms with Gasteiger partial charge >= 0.3 is 6.03 Å². The van der Waals surface area contributed by atoms with Crippen LogP contribution in [-0.2, 0) is 6.54 Å². The zero-order valence-electron chi connectivity index (χ0n) is 10.2. The number of hydrogen-bond donors (Lipinski definition) is 1. The quantitative estimate of drug-likeness (QED) is 0.856. The molecular formula is C13H16N4O. The van der Waals surface area contributed by atoms with Crippen molar-refractivity contribution in [3.8, 4) is 6.07 Å². The van der Waals surface area contributed by atoms with Crippen molar-refractivity contribution in [2.24, 2.45) is 0 Å². The Labute approximate surface area is 106 Å². The van der Waals surface area contributed by atoms with Crippen LogP contribution >= 0.6 is 0 Å². The molecule has 1 aromatic heterocycles. The normalized spacial score (nSPS) is 13.7. The Morgan fingerprint density at radius 2 is 2.44 bits per heavy atom. The topological polar surface area (TPSA) is 69.0 Å². The van der Waals surface area contributed by atoms with Gasteiger partial charge in [-0.25, -0.2) is 4.79 Å². The van der Waals surface area contributed by atoms with Crippen molar-refractivity contribution in [1.29, 1.82) is 5.26 Å². The summed E-state index contributed by atoms with van der Waals surface area (Å²) in [5.41, 5.74) is 0.974. The van der Waals surface area contributed by atoms with Crippen LogP contribution in [0.25, 0.3) is 0 Å². The first-order chi connectivity index (χ1) is 8.79. The maximum atomic E-state index is 12.0. The molecule has 0 aromatic carbocycles. The predicted octanol–water partition coefficient (Wildman–Crippen LogP) is 1.67. The molecule has 2 rings (SSSR count). The van der Waals surface area contributed by atoms with Crippen LogP contribution in [0.5, 0.6) is 0 Å². The van der Waals surface area contributed by atoms with Crippen molar-refractivity contribution in [1.82, 2.24) is 15.2 Å². The van der Waals surface area contributed by atoms with E-state index < -0.39 is 0 Å². The minimum Gasteiger partial charge on any atom is -0.335 e. The highest BCUT2D eigenvalue weighted by atomic mass is 16.2. The molecule has 1 heterocycles. The van der Waals surface area contributed by atoms with Crippen LogP contribution in [-0.4, -0.2) is 28.5 Å². The van der Waals surface area contributed by atoms with Gasteiger partial charge in [0.15, 0.2) is 0 Å². The molecule has 1 N–H and O–H groups in total. The molecule has 1 fully saturated rings. The van der Waals surface area contributed by atoms with Gasteiger partial charge in [0.05, 0.1) is 12.5 Å². The third-order valence-corrected chi connectivity index (χ3v) is 2.78. The summed E-state index contributed by atoms with van der Waals surface area (Å²) in [6.45, 7) is 0.942. The van der Waals surface area contributed by atoms with Crippen molar-refractivity contribution in [2.75, 3.05) is 6.54 Å². The van der Waals surface area contributed by atoms with E-state index in [9.17, 15) is 4.79 Å². The van der Waals surface area contributed by atoms with E-state index in [0.29, 0.717) is 25.6 Å². The van der Waals surface area contributed by atoms with Gasteiger partial charge < -0.3 is 10.2 Å². The average Bonchev–Trinajstić information content (AvgIpc) is 3.19. The van der Waals surface area contributed by atoms with Gasteiger partial charge in [0.2, 0.25) is 0 Å². The van der Waals surface area contributed by atoms with Crippen molar-refractivity contribution in [3.63, 3.8) is 0 Å². The van der Waals surface area contributed by atoms with E-state index in [1.807, 2.05) is 12.1 Å². The monoisotopic (exact) mass is 244 g/mol. The number of nitriles is 1. The Balaban J connectivity index is 1.95. The fourth-order valence-electron chi connectivity index (χ4n) is 1.64. The van der Waals surface area contributed by atoms with E-state index in [1.54, 1.807) is 17.3 Å². The summed E-state index contributed by atoms with van der Waals surface area (Å²) >= 11 is 0. The molecule has 2 amide bonds. The molecule has 18 heavy (non-hydrogen) atoms. The molecule has 0 unspecified atom stereocenters. The van der Waals surface area contributed by atoms with Gasteiger partial charge in [-0.2, -0.15) is 5.26 Å². The molecule has 5 heteroatoms. The summed E-state index contributed by atoms with van der Waals surface area (Å²) in [5.74, 6) is 0. The highest BCUT2D eigenvalue weighted by molar-refractivity contribution is 5.74. The first-order valence-corrected chi connectivity index (χ1v) is 6.11. The maximum absolute atomic E-state index is 12.0. The van der Waals surface area contributed by atoms with Crippen LogP contribution in [0.3, 0.4) is 0 Å². The van der Waals surface area contributed by atoms with E-state index in [-0.39, 0.29) is 6.03 Å². The number of nitrogens with one attached hydrogen (secondary N) is 1. The molecule has 1 saturated carbocycles. The second-order valence-corrected chi connectivity index (χ2v) is 4.41. The van der Waals surface area contributed by atoms with Gasteiger partial charge in [-0.1, -0.05) is 6.07 Å². The predicted molar refractivity (Wildman–Crippen MR) is 66.4 cm³/mol. The zero-order chi connectivity index (χ0) is 12.8. The van der Waals surface area contributed by atoms with Gasteiger partial charge in [-0.15, -0.1) is 0 Å². The van der Waals surface area contributed by atoms with Gasteiger partial charge in [-0.3, -0.25) is 4.98 Å². The lowest BCUT2D eigenvalue weighted by atomic mass is 10.2. The molecule has 1 aromatic rings. The molecule has 1 aliphatic rings. The summed E-state index contributed by atoms with van der Waals surface area (Å²) in [6, 6.07) is 6.08. The number of pyridine rings is 1. The van der Waals surface area contributed by atoms with E-state index >= 15 is 0 Å². The van der Waals surface area contributed by atoms with Gasteiger partial charge in [0.25, 0.3) is 0 Å². The summed E-state index contributed by atoms with van der Waals surface area (Å²) in [4.78, 5) is 17.7. The first kappa shape index (κ1) is 12.4. The SMILES string of the molecule is N#CCCN(Cc1cccnc1)C(=O)NC1CC1. The highest BCUT2D eigenvalue weighted by Gasteiger charge is 2.25. The second kappa shape index (κ2) is 6.01. The Kier molecular flexibility index (Phi) is 4.13. The molecular weight excluding hydrogens is 228 g/mol. The number of urea groups is 1. The van der Waals surface area contributed by atoms with Crippen LogP contribution < -0.4 is 5.32 Å². The number of rotatable bonds is 5. The molecule has 1 aliphatic carbocycles. The van der Waals surface area contributed by atoms with E-state index in [2.05, 4.69) is 16.4 Å². The third-order valence-electron chi connectivity index (χ3n) is 2.78.